The highest BCUT2D eigenvalue weighted by Gasteiger charge is 2.41. The third-order valence-corrected chi connectivity index (χ3v) is 18.5. The Labute approximate surface area is 707 Å². The maximum absolute atomic E-state index is 14.1. The Morgan fingerprint density at radius 2 is 0.851 bits per heavy atom. The number of nitrogens with two attached hydrogens (primary N) is 6. The van der Waals surface area contributed by atoms with Gasteiger partial charge in [-0.3, -0.25) is 107 Å². The van der Waals surface area contributed by atoms with Crippen LogP contribution in [0.25, 0.3) is 0 Å². The van der Waals surface area contributed by atoms with Gasteiger partial charge in [0.1, 0.15) is 85.5 Å². The van der Waals surface area contributed by atoms with Crippen molar-refractivity contribution in [3.8, 4) is 0 Å². The molecule has 1 aromatic rings. The second-order valence-electron chi connectivity index (χ2n) is 26.9. The largest absolute Gasteiger partial charge is 0.481 e. The Morgan fingerprint density at radius 1 is 0.455 bits per heavy atom. The number of aliphatic carboxylic acids is 4. The maximum atomic E-state index is 14.1. The van der Waals surface area contributed by atoms with E-state index >= 15 is 0 Å². The lowest BCUT2D eigenvalue weighted by molar-refractivity contribution is -0.392. The summed E-state index contributed by atoms with van der Waals surface area (Å²) in [4.78, 5) is 279. The highest BCUT2D eigenvalue weighted by Crippen LogP contribution is 2.15. The molecule has 0 saturated carbocycles. The molecule has 52 nitrogen and oxygen atoms in total. The minimum Gasteiger partial charge on any atom is -0.481 e. The first-order chi connectivity index (χ1) is 57.0. The smallest absolute Gasteiger partial charge is 0.342 e. The van der Waals surface area contributed by atoms with Gasteiger partial charge in [-0.05, 0) is 102 Å². The van der Waals surface area contributed by atoms with Crippen LogP contribution in [0.15, 0.2) is 6.20 Å². The molecule has 12 amide bonds. The molecule has 0 spiro atoms. The van der Waals surface area contributed by atoms with Crippen molar-refractivity contribution in [2.75, 3.05) is 63.6 Å². The summed E-state index contributed by atoms with van der Waals surface area (Å²) in [5, 5.41) is 87.5. The van der Waals surface area contributed by atoms with Crippen LogP contribution in [-0.2, 0) is 102 Å². The number of aryl methyl sites for hydroxylation is 1. The lowest BCUT2D eigenvalue weighted by Gasteiger charge is -2.27. The molecular formula is C66H111N25O27S3. The first kappa shape index (κ1) is 108. The Kier molecular flexibility index (Phi) is 52.3. The van der Waals surface area contributed by atoms with E-state index in [9.17, 15) is 126 Å². The number of unbranched alkanes of at least 4 members (excludes halogenated alkanes) is 2. The van der Waals surface area contributed by atoms with E-state index in [0.29, 0.717) is 0 Å². The minimum atomic E-state index is -2.14. The molecule has 0 aliphatic heterocycles. The molecule has 33 N–H and O–H groups in total. The van der Waals surface area contributed by atoms with Crippen LogP contribution >= 0.6 is 37.9 Å². The fourth-order valence-electron chi connectivity index (χ4n) is 10.9. The fourth-order valence-corrected chi connectivity index (χ4v) is 11.7. The fraction of sp³-hybridized carbons (Fsp3) is 0.652. The molecule has 13 atom stereocenters. The predicted octanol–water partition coefficient (Wildman–Crippen LogP) is -12.8. The summed E-state index contributed by atoms with van der Waals surface area (Å²) in [6.07, 6.45) is -6.80. The van der Waals surface area contributed by atoms with E-state index < -0.39 is 296 Å². The number of hydrazine groups is 2. The number of imidazole rings is 1. The maximum Gasteiger partial charge on any atom is 0.342 e. The molecule has 0 fully saturated rings. The third kappa shape index (κ3) is 42.0. The average Bonchev–Trinajstić information content (AvgIpc) is 1.54. The number of amides is 12. The minimum absolute atomic E-state index is 0.00128. The van der Waals surface area contributed by atoms with Crippen LogP contribution in [0, 0.1) is 17.0 Å². The van der Waals surface area contributed by atoms with Crippen LogP contribution in [0.2, 0.25) is 0 Å². The molecule has 0 unspecified atom stereocenters. The van der Waals surface area contributed by atoms with Crippen molar-refractivity contribution >= 4 is 162 Å². The van der Waals surface area contributed by atoms with Crippen molar-refractivity contribution in [2.45, 2.75) is 207 Å². The molecule has 0 aromatic carbocycles. The van der Waals surface area contributed by atoms with Crippen LogP contribution in [-0.4, -0.2) is 306 Å². The molecule has 0 saturated heterocycles. The zero-order valence-electron chi connectivity index (χ0n) is 66.1. The van der Waals surface area contributed by atoms with E-state index in [4.69, 9.17) is 39.5 Å². The molecule has 0 radical (unpaired) electrons. The van der Waals surface area contributed by atoms with E-state index in [1.54, 1.807) is 0 Å². The van der Waals surface area contributed by atoms with Gasteiger partial charge in [0.15, 0.2) is 5.82 Å². The Hall–Kier alpha value is -10.6. The van der Waals surface area contributed by atoms with Gasteiger partial charge in [0.2, 0.25) is 94.0 Å². The van der Waals surface area contributed by atoms with E-state index in [0.717, 1.165) is 6.20 Å². The number of hydrogen-bond acceptors (Lipinski definition) is 37. The van der Waals surface area contributed by atoms with Gasteiger partial charge in [0.25, 0.3) is 0 Å². The summed E-state index contributed by atoms with van der Waals surface area (Å²) in [5.41, 5.74) is 43.3. The molecule has 1 heterocycles. The highest BCUT2D eigenvalue weighted by molar-refractivity contribution is 7.80. The highest BCUT2D eigenvalue weighted by atomic mass is 32.1. The topological polar surface area (TPSA) is 852 Å². The summed E-state index contributed by atoms with van der Waals surface area (Å²) < 4.78 is 1.21. The van der Waals surface area contributed by atoms with Crippen molar-refractivity contribution in [1.82, 2.24) is 95.1 Å². The number of thiol groups is 3. The van der Waals surface area contributed by atoms with Crippen molar-refractivity contribution in [2.24, 2.45) is 34.4 Å². The number of carbonyl (C=O) groups is 20. The molecular weight excluding hydrogens is 1670 g/mol. The number of rotatable bonds is 68. The van der Waals surface area contributed by atoms with Crippen molar-refractivity contribution in [3.63, 3.8) is 0 Å². The van der Waals surface area contributed by atoms with Gasteiger partial charge in [-0.25, -0.2) is 25.8 Å². The van der Waals surface area contributed by atoms with Gasteiger partial charge < -0.3 is 129 Å². The molecule has 55 heteroatoms. The monoisotopic (exact) mass is 1780 g/mol. The molecule has 1 aromatic heterocycles. The number of carboxylic acid groups (broad SMARTS) is 4. The summed E-state index contributed by atoms with van der Waals surface area (Å²) >= 11 is 12.3. The molecule has 0 aliphatic rings. The SMILES string of the molecule is CN[C@@H](CCC(=O)O)C(=O)N[C@@H](CS)C(=O)C(=O)[C@H](CC(=O)O)NC(=O)[C@H](CCCNC(N)N)NC(=O)[C@H](CS)NC(=O)[C@H](CO)NN[C@@H](CCC(N)=O)C(=O)N[C@@H](CCCCN)C(=O)NCC(=O)N[C@@H](CS)C(=O)N[C@@H](CC(N)=O)C(=O)C(=O)[C@H](CCCCN)NC(=O)[C@H](CC(=O)O)NC(=O)[C@H](CCC(=O)O)NNCCn1c([N+](=O)[O-])cnc1C. The number of carbonyl (C=O) groups excluding carboxylic acids is 16. The standard InChI is InChI=1S/C66H111N25O27S3/c1-31-75-26-48(91(117)118)90(31)21-20-77-87-36(13-16-50(98)99)60(111)84-40(24-52(102)103)62(113)79-32(8-3-5-17-67)53(104)54(105)38(22-46(70)94)82-64(115)43(29-120)78-47(95)25-76-57(108)34(9-4-6-18-68)80-61(112)37(11-14-45(69)93)88-89-41(27-92)63(114)86-44(30-121)65(116)81-35(10-7-19-74-66(71)72)59(110)83-39(23-51(100)101)55(106)56(107)42(28-119)85-58(109)33(73-2)12-15-49(96)97/h26,32-44,66,73-74,77,87-89,92,119-121H,3-25,27-30,67-68,71-72H2,1-2H3,(H2,69,93)(H2,70,94)(H,76,108)(H,78,95)(H,79,113)(H,80,112)(H,81,116)(H,82,115)(H,83,110)(H,84,111)(H,85,109)(H,86,114)(H,96,97)(H,98,99)(H,100,101)(H,102,103)/t32-,33-,34-,35-,36-,37-,38-,39-,40-,41-,42-,43-,44-/m0/s1. The van der Waals surface area contributed by atoms with Gasteiger partial charge in [-0.2, -0.15) is 37.9 Å². The van der Waals surface area contributed by atoms with E-state index in [1.165, 1.54) is 18.5 Å². The number of carboxylic acids is 4. The number of aliphatic hydroxyl groups excluding tert-OH is 1. The summed E-state index contributed by atoms with van der Waals surface area (Å²) in [7, 11) is 1.32. The number of aromatic nitrogens is 2. The van der Waals surface area contributed by atoms with Crippen molar-refractivity contribution in [1.29, 1.82) is 0 Å². The Balaban J connectivity index is 3.43. The Bertz CT molecular complexity index is 3750. The lowest BCUT2D eigenvalue weighted by Crippen LogP contribution is -2.62. The second kappa shape index (κ2) is 58.4. The molecule has 121 heavy (non-hydrogen) atoms. The molecule has 0 aliphatic carbocycles. The van der Waals surface area contributed by atoms with Gasteiger partial charge in [-0.1, -0.05) is 0 Å². The lowest BCUT2D eigenvalue weighted by atomic mass is 9.95. The van der Waals surface area contributed by atoms with Crippen LogP contribution in [0.3, 0.4) is 0 Å². The number of nitrogens with one attached hydrogen (secondary N) is 16. The predicted molar refractivity (Wildman–Crippen MR) is 430 cm³/mol. The number of hydrogen-bond donors (Lipinski definition) is 30. The number of ketones is 4. The normalized spacial score (nSPS) is 14.4. The summed E-state index contributed by atoms with van der Waals surface area (Å²) in [6.45, 7) is -0.755. The number of primary amides is 2. The molecule has 0 bridgehead atoms. The number of nitro groups is 1. The van der Waals surface area contributed by atoms with Crippen LogP contribution in [0.5, 0.6) is 0 Å². The first-order valence-corrected chi connectivity index (χ1v) is 39.5. The summed E-state index contributed by atoms with van der Waals surface area (Å²) in [6, 6.07) is -22.8. The average molecular weight is 1780 g/mol. The van der Waals surface area contributed by atoms with Gasteiger partial charge in [-0.15, -0.1) is 0 Å². The number of likely N-dealkylation sites (N-methyl/N-ethyl adjacent to an activating group) is 1. The second-order valence-corrected chi connectivity index (χ2v) is 28.0. The number of Topliss-reactive ketones (excluding diaryl/α,β-unsaturated/α-hetero) is 4. The van der Waals surface area contributed by atoms with Gasteiger partial charge in [0.05, 0.1) is 44.5 Å². The quantitative estimate of drug-likeness (QED) is 0.00719. The van der Waals surface area contributed by atoms with Crippen LogP contribution in [0.1, 0.15) is 115 Å². The third-order valence-electron chi connectivity index (χ3n) is 17.4. The molecule has 680 valence electrons. The number of nitrogens with zero attached hydrogens (tertiary/aromatic N) is 3. The van der Waals surface area contributed by atoms with Gasteiger partial charge in [0, 0.05) is 50.0 Å². The molecule has 1 rings (SSSR count). The van der Waals surface area contributed by atoms with E-state index in [-0.39, 0.29) is 95.7 Å². The number of aliphatic hydroxyl groups is 1. The zero-order valence-corrected chi connectivity index (χ0v) is 68.8. The van der Waals surface area contributed by atoms with Gasteiger partial charge >= 0.3 is 29.7 Å². The van der Waals surface area contributed by atoms with Crippen molar-refractivity contribution < 1.29 is 126 Å². The van der Waals surface area contributed by atoms with Crippen molar-refractivity contribution in [3.05, 3.63) is 22.1 Å². The summed E-state index contributed by atoms with van der Waals surface area (Å²) in [5.74, 6) is -27.7. The van der Waals surface area contributed by atoms with Crippen LogP contribution < -0.4 is 120 Å². The van der Waals surface area contributed by atoms with Crippen LogP contribution in [0.4, 0.5) is 5.82 Å². The first-order valence-electron chi connectivity index (χ1n) is 37.6. The van der Waals surface area contributed by atoms with E-state index in [2.05, 4.69) is 128 Å². The zero-order chi connectivity index (χ0) is 91.8. The van der Waals surface area contributed by atoms with E-state index in [1.807, 2.05) is 0 Å². The Morgan fingerprint density at radius 3 is 1.35 bits per heavy atom.